The van der Waals surface area contributed by atoms with Crippen molar-refractivity contribution in [2.75, 3.05) is 13.2 Å². The minimum atomic E-state index is -0.395. The van der Waals surface area contributed by atoms with E-state index >= 15 is 0 Å². The van der Waals surface area contributed by atoms with Crippen LogP contribution in [0.1, 0.15) is 11.1 Å². The predicted molar refractivity (Wildman–Crippen MR) is 87.5 cm³/mol. The maximum absolute atomic E-state index is 11.8. The standard InChI is InChI=1S/C19H18O4/c1-14-6-8-15(9-7-14)10-11-19(20)22-13-16-12-21-17-4-2-3-5-18(17)23-16/h2-11,16H,12-13H2,1H3/b11-10+. The van der Waals surface area contributed by atoms with E-state index in [9.17, 15) is 4.79 Å². The molecule has 4 heteroatoms. The average molecular weight is 310 g/mol. The molecule has 2 aromatic carbocycles. The van der Waals surface area contributed by atoms with Gasteiger partial charge in [0.25, 0.3) is 0 Å². The van der Waals surface area contributed by atoms with Crippen molar-refractivity contribution in [1.82, 2.24) is 0 Å². The van der Waals surface area contributed by atoms with E-state index in [2.05, 4.69) is 0 Å². The molecule has 0 amide bonds. The van der Waals surface area contributed by atoms with Gasteiger partial charge in [-0.25, -0.2) is 4.79 Å². The van der Waals surface area contributed by atoms with Crippen LogP contribution in [0.15, 0.2) is 54.6 Å². The number of fused-ring (bicyclic) bond motifs is 1. The summed E-state index contributed by atoms with van der Waals surface area (Å²) in [7, 11) is 0. The third kappa shape index (κ3) is 4.13. The maximum atomic E-state index is 11.8. The third-order valence-corrected chi connectivity index (χ3v) is 3.47. The summed E-state index contributed by atoms with van der Waals surface area (Å²) in [6, 6.07) is 15.3. The number of ether oxygens (including phenoxy) is 3. The van der Waals surface area contributed by atoms with Crippen molar-refractivity contribution in [3.05, 3.63) is 65.7 Å². The van der Waals surface area contributed by atoms with Crippen LogP contribution in [0.3, 0.4) is 0 Å². The van der Waals surface area contributed by atoms with E-state index in [0.717, 1.165) is 5.56 Å². The largest absolute Gasteiger partial charge is 0.486 e. The zero-order valence-electron chi connectivity index (χ0n) is 12.9. The molecule has 0 fully saturated rings. The quantitative estimate of drug-likeness (QED) is 0.641. The van der Waals surface area contributed by atoms with Crippen molar-refractivity contribution in [3.8, 4) is 11.5 Å². The van der Waals surface area contributed by atoms with Crippen molar-refractivity contribution in [1.29, 1.82) is 0 Å². The van der Waals surface area contributed by atoms with E-state index in [1.807, 2.05) is 55.5 Å². The lowest BCUT2D eigenvalue weighted by molar-refractivity contribution is -0.140. The second kappa shape index (κ2) is 7.01. The first-order valence-corrected chi connectivity index (χ1v) is 7.51. The van der Waals surface area contributed by atoms with Crippen molar-refractivity contribution >= 4 is 12.0 Å². The van der Waals surface area contributed by atoms with Gasteiger partial charge in [0.05, 0.1) is 0 Å². The smallest absolute Gasteiger partial charge is 0.330 e. The molecule has 23 heavy (non-hydrogen) atoms. The molecule has 0 spiro atoms. The van der Waals surface area contributed by atoms with E-state index < -0.39 is 5.97 Å². The van der Waals surface area contributed by atoms with Gasteiger partial charge in [0, 0.05) is 6.08 Å². The number of esters is 1. The SMILES string of the molecule is Cc1ccc(/C=C/C(=O)OCC2COc3ccccc3O2)cc1. The van der Waals surface area contributed by atoms with E-state index in [-0.39, 0.29) is 12.7 Å². The summed E-state index contributed by atoms with van der Waals surface area (Å²) in [6.45, 7) is 2.55. The first-order valence-electron chi connectivity index (χ1n) is 7.51. The first-order chi connectivity index (χ1) is 11.2. The van der Waals surface area contributed by atoms with Gasteiger partial charge in [-0.2, -0.15) is 0 Å². The highest BCUT2D eigenvalue weighted by molar-refractivity contribution is 5.87. The second-order valence-electron chi connectivity index (χ2n) is 5.37. The molecule has 0 radical (unpaired) electrons. The molecular weight excluding hydrogens is 292 g/mol. The Morgan fingerprint density at radius 1 is 1.17 bits per heavy atom. The van der Waals surface area contributed by atoms with Gasteiger partial charge in [-0.3, -0.25) is 0 Å². The highest BCUT2D eigenvalue weighted by Crippen LogP contribution is 2.30. The molecule has 3 rings (SSSR count). The van der Waals surface area contributed by atoms with Crippen LogP contribution in [0.4, 0.5) is 0 Å². The third-order valence-electron chi connectivity index (χ3n) is 3.47. The molecule has 0 saturated carbocycles. The minimum absolute atomic E-state index is 0.158. The lowest BCUT2D eigenvalue weighted by Gasteiger charge is -2.25. The summed E-state index contributed by atoms with van der Waals surface area (Å²) in [5, 5.41) is 0. The average Bonchev–Trinajstić information content (AvgIpc) is 2.59. The Balaban J connectivity index is 1.49. The zero-order chi connectivity index (χ0) is 16.1. The van der Waals surface area contributed by atoms with Crippen molar-refractivity contribution in [2.24, 2.45) is 0 Å². The summed E-state index contributed by atoms with van der Waals surface area (Å²) >= 11 is 0. The molecule has 1 atom stereocenters. The molecular formula is C19H18O4. The summed E-state index contributed by atoms with van der Waals surface area (Å²) in [5.74, 6) is 0.998. The normalized spacial score (nSPS) is 16.3. The van der Waals surface area contributed by atoms with Crippen molar-refractivity contribution < 1.29 is 19.0 Å². The number of aryl methyl sites for hydroxylation is 1. The summed E-state index contributed by atoms with van der Waals surface area (Å²) in [5.41, 5.74) is 2.14. The van der Waals surface area contributed by atoms with Gasteiger partial charge < -0.3 is 14.2 Å². The molecule has 118 valence electrons. The van der Waals surface area contributed by atoms with Gasteiger partial charge in [-0.15, -0.1) is 0 Å². The number of carbonyl (C=O) groups is 1. The van der Waals surface area contributed by atoms with Crippen LogP contribution in [0.2, 0.25) is 0 Å². The highest BCUT2D eigenvalue weighted by atomic mass is 16.6. The topological polar surface area (TPSA) is 44.8 Å². The van der Waals surface area contributed by atoms with Gasteiger partial charge in [-0.1, -0.05) is 42.0 Å². The highest BCUT2D eigenvalue weighted by Gasteiger charge is 2.21. The number of carbonyl (C=O) groups excluding carboxylic acids is 1. The van der Waals surface area contributed by atoms with Crippen LogP contribution in [0, 0.1) is 6.92 Å². The number of hydrogen-bond donors (Lipinski definition) is 0. The summed E-state index contributed by atoms with van der Waals surface area (Å²) < 4.78 is 16.5. The van der Waals surface area contributed by atoms with E-state index in [0.29, 0.717) is 18.1 Å². The molecule has 0 saturated heterocycles. The number of hydrogen-bond acceptors (Lipinski definition) is 4. The van der Waals surface area contributed by atoms with Crippen LogP contribution in [-0.2, 0) is 9.53 Å². The molecule has 1 unspecified atom stereocenters. The molecule has 0 N–H and O–H groups in total. The van der Waals surface area contributed by atoms with Crippen molar-refractivity contribution in [2.45, 2.75) is 13.0 Å². The first kappa shape index (κ1) is 15.2. The van der Waals surface area contributed by atoms with Crippen LogP contribution in [-0.4, -0.2) is 25.3 Å². The van der Waals surface area contributed by atoms with Crippen LogP contribution in [0.5, 0.6) is 11.5 Å². The molecule has 2 aromatic rings. The maximum Gasteiger partial charge on any atom is 0.330 e. The fourth-order valence-corrected chi connectivity index (χ4v) is 2.21. The minimum Gasteiger partial charge on any atom is -0.486 e. The summed E-state index contributed by atoms with van der Waals surface area (Å²) in [6.07, 6.45) is 2.86. The molecule has 4 nitrogen and oxygen atoms in total. The Morgan fingerprint density at radius 2 is 1.91 bits per heavy atom. The molecule has 1 heterocycles. The van der Waals surface area contributed by atoms with Crippen molar-refractivity contribution in [3.63, 3.8) is 0 Å². The fraction of sp³-hybridized carbons (Fsp3) is 0.211. The fourth-order valence-electron chi connectivity index (χ4n) is 2.21. The molecule has 0 bridgehead atoms. The molecule has 0 aliphatic carbocycles. The lowest BCUT2D eigenvalue weighted by atomic mass is 10.1. The Hall–Kier alpha value is -2.75. The molecule has 0 aromatic heterocycles. The number of rotatable bonds is 4. The Morgan fingerprint density at radius 3 is 2.70 bits per heavy atom. The van der Waals surface area contributed by atoms with Gasteiger partial charge in [-0.05, 0) is 30.7 Å². The Kier molecular flexibility index (Phi) is 4.62. The zero-order valence-corrected chi connectivity index (χ0v) is 12.9. The van der Waals surface area contributed by atoms with Gasteiger partial charge in [0.15, 0.2) is 17.6 Å². The predicted octanol–water partition coefficient (Wildman–Crippen LogP) is 3.39. The van der Waals surface area contributed by atoms with Gasteiger partial charge in [0.1, 0.15) is 13.2 Å². The number of para-hydroxylation sites is 2. The van der Waals surface area contributed by atoms with Crippen LogP contribution >= 0.6 is 0 Å². The van der Waals surface area contributed by atoms with Gasteiger partial charge >= 0.3 is 5.97 Å². The Labute approximate surface area is 135 Å². The van der Waals surface area contributed by atoms with E-state index in [4.69, 9.17) is 14.2 Å². The Bertz CT molecular complexity index is 704. The summed E-state index contributed by atoms with van der Waals surface area (Å²) in [4.78, 5) is 11.8. The van der Waals surface area contributed by atoms with Gasteiger partial charge in [0.2, 0.25) is 0 Å². The number of benzene rings is 2. The lowest BCUT2D eigenvalue weighted by Crippen LogP contribution is -2.34. The van der Waals surface area contributed by atoms with E-state index in [1.165, 1.54) is 11.6 Å². The monoisotopic (exact) mass is 310 g/mol. The molecule has 1 aliphatic heterocycles. The van der Waals surface area contributed by atoms with Crippen LogP contribution in [0.25, 0.3) is 6.08 Å². The molecule has 1 aliphatic rings. The van der Waals surface area contributed by atoms with E-state index in [1.54, 1.807) is 6.08 Å². The van der Waals surface area contributed by atoms with Crippen LogP contribution < -0.4 is 9.47 Å². The second-order valence-corrected chi connectivity index (χ2v) is 5.37.